The predicted molar refractivity (Wildman–Crippen MR) is 75.0 cm³/mol. The molecule has 0 aliphatic carbocycles. The molecule has 1 heterocycles. The van der Waals surface area contributed by atoms with Crippen LogP contribution in [0.15, 0.2) is 29.4 Å². The Morgan fingerprint density at radius 2 is 2.30 bits per heavy atom. The van der Waals surface area contributed by atoms with Gasteiger partial charge in [0, 0.05) is 25.6 Å². The summed E-state index contributed by atoms with van der Waals surface area (Å²) >= 11 is 0. The van der Waals surface area contributed by atoms with E-state index in [-0.39, 0.29) is 17.7 Å². The third kappa shape index (κ3) is 3.01. The summed E-state index contributed by atoms with van der Waals surface area (Å²) in [4.78, 5) is 14.1. The lowest BCUT2D eigenvalue weighted by Gasteiger charge is -2.28. The molecule has 0 aromatic heterocycles. The summed E-state index contributed by atoms with van der Waals surface area (Å²) in [7, 11) is 1.73. The fraction of sp³-hybridized carbons (Fsp3) is 0.429. The summed E-state index contributed by atoms with van der Waals surface area (Å²) in [5.41, 5.74) is 6.35. The van der Waals surface area contributed by atoms with Gasteiger partial charge in [-0.3, -0.25) is 4.79 Å². The van der Waals surface area contributed by atoms with Gasteiger partial charge in [-0.05, 0) is 12.5 Å². The van der Waals surface area contributed by atoms with Gasteiger partial charge in [-0.2, -0.15) is 0 Å². The second-order valence-electron chi connectivity index (χ2n) is 4.83. The Kier molecular flexibility index (Phi) is 4.45. The van der Waals surface area contributed by atoms with Crippen LogP contribution in [0.2, 0.25) is 0 Å². The first-order chi connectivity index (χ1) is 9.63. The summed E-state index contributed by atoms with van der Waals surface area (Å²) in [5, 5.41) is 11.4. The molecule has 0 fully saturated rings. The van der Waals surface area contributed by atoms with Gasteiger partial charge in [-0.25, -0.2) is 0 Å². The van der Waals surface area contributed by atoms with Gasteiger partial charge in [0.25, 0.3) is 0 Å². The van der Waals surface area contributed by atoms with Crippen LogP contribution in [0.1, 0.15) is 24.3 Å². The van der Waals surface area contributed by atoms with Gasteiger partial charge in [-0.1, -0.05) is 23.4 Å². The third-order valence-corrected chi connectivity index (χ3v) is 3.46. The van der Waals surface area contributed by atoms with Crippen molar-refractivity contribution in [3.05, 3.63) is 29.8 Å². The Morgan fingerprint density at radius 1 is 1.55 bits per heavy atom. The van der Waals surface area contributed by atoms with E-state index in [1.165, 1.54) is 0 Å². The van der Waals surface area contributed by atoms with Crippen molar-refractivity contribution in [1.29, 1.82) is 0 Å². The monoisotopic (exact) mass is 277 g/mol. The van der Waals surface area contributed by atoms with Crippen LogP contribution >= 0.6 is 0 Å². The van der Waals surface area contributed by atoms with Crippen molar-refractivity contribution in [2.75, 3.05) is 20.2 Å². The minimum Gasteiger partial charge on any atom is -0.493 e. The van der Waals surface area contributed by atoms with Crippen LogP contribution in [-0.2, 0) is 4.79 Å². The minimum absolute atomic E-state index is 0.0338. The quantitative estimate of drug-likeness (QED) is 0.374. The molecule has 6 heteroatoms. The van der Waals surface area contributed by atoms with Crippen molar-refractivity contribution >= 4 is 11.7 Å². The average molecular weight is 277 g/mol. The number of benzene rings is 1. The molecule has 0 radical (unpaired) electrons. The smallest absolute Gasteiger partial charge is 0.230 e. The molecule has 0 saturated carbocycles. The van der Waals surface area contributed by atoms with Gasteiger partial charge in [-0.15, -0.1) is 0 Å². The molecule has 1 aromatic rings. The standard InChI is InChI=1S/C14H19N3O3/c1-17(8-6-13(15)16-19)14(18)11-7-9-20-12-5-3-2-4-10(11)12/h2-5,11,19H,6-9H2,1H3,(H2,15,16). The summed E-state index contributed by atoms with van der Waals surface area (Å²) in [6, 6.07) is 7.61. The van der Waals surface area contributed by atoms with E-state index in [9.17, 15) is 4.79 Å². The first kappa shape index (κ1) is 14.2. The predicted octanol–water partition coefficient (Wildman–Crippen LogP) is 1.15. The van der Waals surface area contributed by atoms with Gasteiger partial charge >= 0.3 is 0 Å². The molecular formula is C14H19N3O3. The summed E-state index contributed by atoms with van der Waals surface area (Å²) in [6.45, 7) is 0.968. The van der Waals surface area contributed by atoms with Crippen molar-refractivity contribution in [3.63, 3.8) is 0 Å². The summed E-state index contributed by atoms with van der Waals surface area (Å²) < 4.78 is 5.56. The molecule has 2 rings (SSSR count). The van der Waals surface area contributed by atoms with Gasteiger partial charge in [0.15, 0.2) is 0 Å². The van der Waals surface area contributed by atoms with Gasteiger partial charge in [0.2, 0.25) is 5.91 Å². The zero-order chi connectivity index (χ0) is 14.5. The number of nitrogens with two attached hydrogens (primary N) is 1. The molecule has 1 aromatic carbocycles. The number of fused-ring (bicyclic) bond motifs is 1. The Hall–Kier alpha value is -2.24. The topological polar surface area (TPSA) is 88.1 Å². The molecule has 3 N–H and O–H groups in total. The fourth-order valence-corrected chi connectivity index (χ4v) is 2.31. The zero-order valence-electron chi connectivity index (χ0n) is 11.5. The number of hydrogen-bond acceptors (Lipinski definition) is 4. The third-order valence-electron chi connectivity index (χ3n) is 3.46. The van der Waals surface area contributed by atoms with Gasteiger partial charge in [0.05, 0.1) is 12.5 Å². The maximum atomic E-state index is 12.5. The fourth-order valence-electron chi connectivity index (χ4n) is 2.31. The number of hydrogen-bond donors (Lipinski definition) is 2. The number of rotatable bonds is 4. The van der Waals surface area contributed by atoms with Crippen molar-refractivity contribution in [3.8, 4) is 5.75 Å². The maximum Gasteiger partial charge on any atom is 0.230 e. The highest BCUT2D eigenvalue weighted by molar-refractivity contribution is 5.85. The molecule has 6 nitrogen and oxygen atoms in total. The van der Waals surface area contributed by atoms with E-state index in [4.69, 9.17) is 15.7 Å². The molecule has 1 aliphatic rings. The SMILES string of the molecule is CN(CCC(N)=NO)C(=O)C1CCOc2ccccc21. The maximum absolute atomic E-state index is 12.5. The molecule has 20 heavy (non-hydrogen) atoms. The second kappa shape index (κ2) is 6.27. The lowest BCUT2D eigenvalue weighted by molar-refractivity contribution is -0.132. The lowest BCUT2D eigenvalue weighted by Crippen LogP contribution is -2.36. The molecule has 1 amide bonds. The Balaban J connectivity index is 2.06. The van der Waals surface area contributed by atoms with E-state index in [0.29, 0.717) is 26.0 Å². The number of amides is 1. The normalized spacial score (nSPS) is 18.1. The number of amidine groups is 1. The van der Waals surface area contributed by atoms with Crippen LogP contribution < -0.4 is 10.5 Å². The van der Waals surface area contributed by atoms with E-state index in [1.807, 2.05) is 24.3 Å². The Labute approximate surface area is 117 Å². The van der Waals surface area contributed by atoms with Gasteiger partial charge < -0.3 is 20.6 Å². The Morgan fingerprint density at radius 3 is 3.05 bits per heavy atom. The number of likely N-dealkylation sites (N-methyl/N-ethyl adjacent to an activating group) is 1. The number of nitrogens with zero attached hydrogens (tertiary/aromatic N) is 2. The van der Waals surface area contributed by atoms with Crippen LogP contribution in [0.5, 0.6) is 5.75 Å². The highest BCUT2D eigenvalue weighted by atomic mass is 16.5. The Bertz CT molecular complexity index is 516. The number of para-hydroxylation sites is 1. The molecule has 108 valence electrons. The highest BCUT2D eigenvalue weighted by Crippen LogP contribution is 2.34. The van der Waals surface area contributed by atoms with E-state index >= 15 is 0 Å². The van der Waals surface area contributed by atoms with Crippen molar-refractivity contribution < 1.29 is 14.7 Å². The largest absolute Gasteiger partial charge is 0.493 e. The zero-order valence-corrected chi connectivity index (χ0v) is 11.5. The van der Waals surface area contributed by atoms with Crippen LogP contribution in [0.25, 0.3) is 0 Å². The van der Waals surface area contributed by atoms with Crippen LogP contribution in [0, 0.1) is 0 Å². The first-order valence-electron chi connectivity index (χ1n) is 6.56. The molecule has 0 bridgehead atoms. The van der Waals surface area contributed by atoms with Crippen LogP contribution in [0.3, 0.4) is 0 Å². The molecule has 0 saturated heterocycles. The average Bonchev–Trinajstić information content (AvgIpc) is 2.50. The van der Waals surface area contributed by atoms with Crippen LogP contribution in [-0.4, -0.2) is 42.0 Å². The molecular weight excluding hydrogens is 258 g/mol. The van der Waals surface area contributed by atoms with Crippen molar-refractivity contribution in [1.82, 2.24) is 4.90 Å². The van der Waals surface area contributed by atoms with Gasteiger partial charge in [0.1, 0.15) is 11.6 Å². The number of oxime groups is 1. The molecule has 1 unspecified atom stereocenters. The van der Waals surface area contributed by atoms with E-state index < -0.39 is 0 Å². The molecule has 0 spiro atoms. The lowest BCUT2D eigenvalue weighted by atomic mass is 9.92. The first-order valence-corrected chi connectivity index (χ1v) is 6.56. The number of carbonyl (C=O) groups excluding carboxylic acids is 1. The van der Waals surface area contributed by atoms with Crippen molar-refractivity contribution in [2.45, 2.75) is 18.8 Å². The molecule has 1 aliphatic heterocycles. The second-order valence-corrected chi connectivity index (χ2v) is 4.83. The van der Waals surface area contributed by atoms with Crippen LogP contribution in [0.4, 0.5) is 0 Å². The van der Waals surface area contributed by atoms with E-state index in [0.717, 1.165) is 11.3 Å². The van der Waals surface area contributed by atoms with E-state index in [2.05, 4.69) is 5.16 Å². The van der Waals surface area contributed by atoms with Crippen molar-refractivity contribution in [2.24, 2.45) is 10.9 Å². The summed E-state index contributed by atoms with van der Waals surface area (Å²) in [5.74, 6) is 0.752. The molecule has 1 atom stereocenters. The number of ether oxygens (including phenoxy) is 1. The number of carbonyl (C=O) groups is 1. The minimum atomic E-state index is -0.183. The van der Waals surface area contributed by atoms with E-state index in [1.54, 1.807) is 11.9 Å². The summed E-state index contributed by atoms with van der Waals surface area (Å²) in [6.07, 6.45) is 1.02. The highest BCUT2D eigenvalue weighted by Gasteiger charge is 2.29.